The van der Waals surface area contributed by atoms with Gasteiger partial charge >= 0.3 is 12.1 Å². The van der Waals surface area contributed by atoms with Crippen molar-refractivity contribution in [2.75, 3.05) is 0 Å². The Morgan fingerprint density at radius 3 is 2.12 bits per heavy atom. The normalized spacial score (nSPS) is 13.6. The van der Waals surface area contributed by atoms with Crippen LogP contribution in [0.4, 0.5) is 13.2 Å². The summed E-state index contributed by atoms with van der Waals surface area (Å²) < 4.78 is 35.9. The Bertz CT molecular complexity index is 263. The molecule has 7 heteroatoms. The number of carboxylic acid groups (broad SMARTS) is 1. The van der Waals surface area contributed by atoms with E-state index in [2.05, 4.69) is 0 Å². The van der Waals surface area contributed by atoms with E-state index in [0.29, 0.717) is 0 Å². The van der Waals surface area contributed by atoms with Crippen molar-refractivity contribution in [3.05, 3.63) is 0 Å². The molecule has 2 N–H and O–H groups in total. The maximum absolute atomic E-state index is 12.0. The highest BCUT2D eigenvalue weighted by Crippen LogP contribution is 2.21. The SMILES string of the molecule is CC(C)CC(=O)NC(CC(F)(F)F)C(=O)O. The molecule has 0 heterocycles. The Balaban J connectivity index is 4.35. The molecule has 0 aliphatic rings. The van der Waals surface area contributed by atoms with Crippen molar-refractivity contribution in [2.24, 2.45) is 5.92 Å². The highest BCUT2D eigenvalue weighted by Gasteiger charge is 2.36. The molecule has 0 spiro atoms. The largest absolute Gasteiger partial charge is 0.480 e. The summed E-state index contributed by atoms with van der Waals surface area (Å²) in [4.78, 5) is 21.6. The van der Waals surface area contributed by atoms with Crippen molar-refractivity contribution in [1.29, 1.82) is 0 Å². The fourth-order valence-electron chi connectivity index (χ4n) is 1.06. The summed E-state index contributed by atoms with van der Waals surface area (Å²) in [5.41, 5.74) is 0. The minimum Gasteiger partial charge on any atom is -0.480 e. The van der Waals surface area contributed by atoms with E-state index in [4.69, 9.17) is 5.11 Å². The van der Waals surface area contributed by atoms with Gasteiger partial charge in [-0.15, -0.1) is 0 Å². The summed E-state index contributed by atoms with van der Waals surface area (Å²) in [6.07, 6.45) is -6.18. The molecular weight excluding hydrogens is 227 g/mol. The van der Waals surface area contributed by atoms with Gasteiger partial charge in [-0.2, -0.15) is 13.2 Å². The molecule has 94 valence electrons. The number of alkyl halides is 3. The maximum Gasteiger partial charge on any atom is 0.391 e. The van der Waals surface area contributed by atoms with E-state index in [1.165, 1.54) is 0 Å². The Morgan fingerprint density at radius 2 is 1.81 bits per heavy atom. The number of rotatable bonds is 5. The molecule has 1 atom stereocenters. The fraction of sp³-hybridized carbons (Fsp3) is 0.778. The van der Waals surface area contributed by atoms with Gasteiger partial charge in [0.25, 0.3) is 0 Å². The van der Waals surface area contributed by atoms with Gasteiger partial charge in [0.1, 0.15) is 6.04 Å². The first-order chi connectivity index (χ1) is 7.11. The zero-order chi connectivity index (χ0) is 12.9. The van der Waals surface area contributed by atoms with Crippen LogP contribution in [0.3, 0.4) is 0 Å². The van der Waals surface area contributed by atoms with E-state index >= 15 is 0 Å². The van der Waals surface area contributed by atoms with Crippen LogP contribution in [0.5, 0.6) is 0 Å². The molecule has 0 aliphatic heterocycles. The molecule has 0 radical (unpaired) electrons. The number of amides is 1. The van der Waals surface area contributed by atoms with Gasteiger partial charge in [0.15, 0.2) is 0 Å². The first kappa shape index (κ1) is 14.7. The number of hydrogen-bond donors (Lipinski definition) is 2. The van der Waals surface area contributed by atoms with Crippen LogP contribution in [0.1, 0.15) is 26.7 Å². The third-order valence-electron chi connectivity index (χ3n) is 1.66. The molecule has 1 amide bonds. The predicted molar refractivity (Wildman–Crippen MR) is 49.7 cm³/mol. The van der Waals surface area contributed by atoms with E-state index < -0.39 is 30.5 Å². The lowest BCUT2D eigenvalue weighted by molar-refractivity contribution is -0.160. The van der Waals surface area contributed by atoms with Crippen molar-refractivity contribution in [3.8, 4) is 0 Å². The molecule has 0 aliphatic carbocycles. The van der Waals surface area contributed by atoms with E-state index in [1.807, 2.05) is 5.32 Å². The van der Waals surface area contributed by atoms with Crippen LogP contribution in [0.15, 0.2) is 0 Å². The van der Waals surface area contributed by atoms with E-state index in [-0.39, 0.29) is 12.3 Å². The van der Waals surface area contributed by atoms with Gasteiger partial charge in [-0.25, -0.2) is 4.79 Å². The van der Waals surface area contributed by atoms with Gasteiger partial charge in [0.2, 0.25) is 5.91 Å². The minimum absolute atomic E-state index is 0.00162. The predicted octanol–water partition coefficient (Wildman–Crippen LogP) is 1.55. The zero-order valence-electron chi connectivity index (χ0n) is 8.97. The van der Waals surface area contributed by atoms with E-state index in [1.54, 1.807) is 13.8 Å². The van der Waals surface area contributed by atoms with Crippen molar-refractivity contribution in [1.82, 2.24) is 5.32 Å². The Labute approximate surface area is 90.8 Å². The number of carbonyl (C=O) groups is 2. The molecular formula is C9H14F3NO3. The quantitative estimate of drug-likeness (QED) is 0.767. The van der Waals surface area contributed by atoms with Crippen LogP contribution in [-0.2, 0) is 9.59 Å². The second kappa shape index (κ2) is 5.72. The van der Waals surface area contributed by atoms with Crippen molar-refractivity contribution >= 4 is 11.9 Å². The highest BCUT2D eigenvalue weighted by molar-refractivity contribution is 5.83. The second-order valence-electron chi connectivity index (χ2n) is 3.88. The summed E-state index contributed by atoms with van der Waals surface area (Å²) in [7, 11) is 0. The third kappa shape index (κ3) is 7.08. The van der Waals surface area contributed by atoms with Crippen LogP contribution >= 0.6 is 0 Å². The number of aliphatic carboxylic acids is 1. The second-order valence-corrected chi connectivity index (χ2v) is 3.88. The lowest BCUT2D eigenvalue weighted by Crippen LogP contribution is -2.43. The van der Waals surface area contributed by atoms with Gasteiger partial charge < -0.3 is 10.4 Å². The first-order valence-electron chi connectivity index (χ1n) is 4.70. The molecule has 4 nitrogen and oxygen atoms in total. The average molecular weight is 241 g/mol. The molecule has 0 rings (SSSR count). The smallest absolute Gasteiger partial charge is 0.391 e. The van der Waals surface area contributed by atoms with Crippen LogP contribution in [0.25, 0.3) is 0 Å². The molecule has 0 saturated carbocycles. The molecule has 0 bridgehead atoms. The number of carbonyl (C=O) groups excluding carboxylic acids is 1. The summed E-state index contributed by atoms with van der Waals surface area (Å²) in [6, 6.07) is -1.91. The average Bonchev–Trinajstić information content (AvgIpc) is 1.97. The number of carboxylic acids is 1. The summed E-state index contributed by atoms with van der Waals surface area (Å²) in [5.74, 6) is -2.42. The minimum atomic E-state index is -4.62. The standard InChI is InChI=1S/C9H14F3NO3/c1-5(2)3-7(14)13-6(8(15)16)4-9(10,11)12/h5-6H,3-4H2,1-2H3,(H,13,14)(H,15,16). The van der Waals surface area contributed by atoms with E-state index in [0.717, 1.165) is 0 Å². The molecule has 0 fully saturated rings. The van der Waals surface area contributed by atoms with Crippen molar-refractivity contribution in [2.45, 2.75) is 38.9 Å². The van der Waals surface area contributed by atoms with E-state index in [9.17, 15) is 22.8 Å². The molecule has 16 heavy (non-hydrogen) atoms. The van der Waals surface area contributed by atoms with Crippen LogP contribution < -0.4 is 5.32 Å². The van der Waals surface area contributed by atoms with Crippen molar-refractivity contribution in [3.63, 3.8) is 0 Å². The summed E-state index contributed by atoms with van der Waals surface area (Å²) >= 11 is 0. The lowest BCUT2D eigenvalue weighted by Gasteiger charge is -2.16. The number of nitrogens with one attached hydrogen (secondary N) is 1. The molecule has 0 aromatic carbocycles. The Morgan fingerprint density at radius 1 is 1.31 bits per heavy atom. The van der Waals surface area contributed by atoms with Crippen LogP contribution in [0.2, 0.25) is 0 Å². The van der Waals surface area contributed by atoms with Gasteiger partial charge in [0, 0.05) is 6.42 Å². The Hall–Kier alpha value is -1.27. The summed E-state index contributed by atoms with van der Waals surface area (Å²) in [5, 5.41) is 10.4. The molecule has 1 unspecified atom stereocenters. The third-order valence-corrected chi connectivity index (χ3v) is 1.66. The van der Waals surface area contributed by atoms with Gasteiger partial charge in [0.05, 0.1) is 6.42 Å². The molecule has 0 aromatic heterocycles. The zero-order valence-corrected chi connectivity index (χ0v) is 8.97. The first-order valence-corrected chi connectivity index (χ1v) is 4.70. The van der Waals surface area contributed by atoms with Crippen LogP contribution in [0, 0.1) is 5.92 Å². The maximum atomic E-state index is 12.0. The van der Waals surface area contributed by atoms with Crippen molar-refractivity contribution < 1.29 is 27.9 Å². The monoisotopic (exact) mass is 241 g/mol. The topological polar surface area (TPSA) is 66.4 Å². The van der Waals surface area contributed by atoms with Crippen LogP contribution in [-0.4, -0.2) is 29.2 Å². The van der Waals surface area contributed by atoms with Gasteiger partial charge in [-0.05, 0) is 5.92 Å². The fourth-order valence-corrected chi connectivity index (χ4v) is 1.06. The van der Waals surface area contributed by atoms with Gasteiger partial charge in [-0.1, -0.05) is 13.8 Å². The van der Waals surface area contributed by atoms with Gasteiger partial charge in [-0.3, -0.25) is 4.79 Å². The number of hydrogen-bond acceptors (Lipinski definition) is 2. The Kier molecular flexibility index (Phi) is 5.26. The molecule has 0 saturated heterocycles. The summed E-state index contributed by atoms with van der Waals surface area (Å²) in [6.45, 7) is 3.41. The molecule has 0 aromatic rings. The highest BCUT2D eigenvalue weighted by atomic mass is 19.4. The number of halogens is 3. The lowest BCUT2D eigenvalue weighted by atomic mass is 10.1.